The summed E-state index contributed by atoms with van der Waals surface area (Å²) in [6, 6.07) is 16.8. The molecule has 3 aromatic carbocycles. The molecule has 0 saturated heterocycles. The molecule has 0 atom stereocenters. The van der Waals surface area contributed by atoms with Crippen LogP contribution in [-0.4, -0.2) is 25.2 Å². The Morgan fingerprint density at radius 3 is 2.35 bits per heavy atom. The highest BCUT2D eigenvalue weighted by Crippen LogP contribution is 2.23. The van der Waals surface area contributed by atoms with Crippen molar-refractivity contribution in [2.45, 2.75) is 18.4 Å². The number of benzene rings is 3. The van der Waals surface area contributed by atoms with E-state index in [1.807, 2.05) is 19.1 Å². The van der Waals surface area contributed by atoms with Gasteiger partial charge >= 0.3 is 0 Å². The third-order valence-electron chi connectivity index (χ3n) is 4.58. The molecule has 5 nitrogen and oxygen atoms in total. The molecule has 0 bridgehead atoms. The molecule has 0 saturated carbocycles. The van der Waals surface area contributed by atoms with Crippen LogP contribution in [0.15, 0.2) is 71.6 Å². The van der Waals surface area contributed by atoms with Gasteiger partial charge in [-0.2, -0.15) is 4.31 Å². The first-order chi connectivity index (χ1) is 14.7. The summed E-state index contributed by atoms with van der Waals surface area (Å²) in [6.45, 7) is 1.41. The Kier molecular flexibility index (Phi) is 7.33. The number of sulfonamides is 1. The van der Waals surface area contributed by atoms with Gasteiger partial charge in [0.1, 0.15) is 5.82 Å². The fourth-order valence-electron chi connectivity index (χ4n) is 2.89. The van der Waals surface area contributed by atoms with Crippen molar-refractivity contribution in [1.29, 1.82) is 0 Å². The van der Waals surface area contributed by atoms with Gasteiger partial charge in [0.15, 0.2) is 0 Å². The lowest BCUT2D eigenvalue weighted by molar-refractivity contribution is -0.116. The molecule has 0 aliphatic rings. The Labute approximate surface area is 190 Å². The van der Waals surface area contributed by atoms with Crippen LogP contribution in [0.4, 0.5) is 10.1 Å². The molecule has 0 radical (unpaired) electrons. The monoisotopic (exact) mass is 480 g/mol. The molecule has 162 valence electrons. The van der Waals surface area contributed by atoms with Crippen molar-refractivity contribution in [1.82, 2.24) is 4.31 Å². The Morgan fingerprint density at radius 1 is 1.03 bits per heavy atom. The average Bonchev–Trinajstić information content (AvgIpc) is 2.72. The number of rotatable bonds is 7. The first-order valence-electron chi connectivity index (χ1n) is 9.22. The summed E-state index contributed by atoms with van der Waals surface area (Å²) in [6.07, 6.45) is 0. The zero-order valence-corrected chi connectivity index (χ0v) is 18.8. The number of halogens is 3. The molecule has 0 aromatic heterocycles. The molecule has 3 rings (SSSR count). The summed E-state index contributed by atoms with van der Waals surface area (Å²) in [5.74, 6) is -1.21. The second kappa shape index (κ2) is 9.78. The van der Waals surface area contributed by atoms with Gasteiger partial charge in [0.2, 0.25) is 15.9 Å². The van der Waals surface area contributed by atoms with Crippen LogP contribution >= 0.6 is 23.2 Å². The molecular weight excluding hydrogens is 462 g/mol. The number of hydrogen-bond donors (Lipinski definition) is 1. The molecule has 0 spiro atoms. The summed E-state index contributed by atoms with van der Waals surface area (Å²) in [7, 11) is -4.01. The van der Waals surface area contributed by atoms with Crippen molar-refractivity contribution in [3.05, 3.63) is 93.7 Å². The van der Waals surface area contributed by atoms with E-state index in [-0.39, 0.29) is 22.2 Å². The summed E-state index contributed by atoms with van der Waals surface area (Å²) < 4.78 is 41.0. The van der Waals surface area contributed by atoms with Crippen LogP contribution < -0.4 is 5.32 Å². The second-order valence-electron chi connectivity index (χ2n) is 6.83. The molecule has 3 aromatic rings. The normalized spacial score (nSPS) is 11.5. The van der Waals surface area contributed by atoms with E-state index in [1.165, 1.54) is 36.4 Å². The van der Waals surface area contributed by atoms with Crippen molar-refractivity contribution in [3.8, 4) is 0 Å². The molecule has 0 unspecified atom stereocenters. The Bertz CT molecular complexity index is 1200. The van der Waals surface area contributed by atoms with Gasteiger partial charge in [-0.1, -0.05) is 47.5 Å². The van der Waals surface area contributed by atoms with Crippen LogP contribution in [0, 0.1) is 12.7 Å². The number of nitrogens with zero attached hydrogens (tertiary/aromatic N) is 1. The standard InChI is InChI=1S/C22H19Cl2FN2O3S/c1-15-4-2-3-5-16(15)13-27(31(29,30)19-9-6-17(23)7-10-19)14-22(28)26-18-8-11-21(25)20(24)12-18/h2-12H,13-14H2,1H3,(H,26,28). The van der Waals surface area contributed by atoms with Gasteiger partial charge in [-0.15, -0.1) is 0 Å². The maximum Gasteiger partial charge on any atom is 0.243 e. The van der Waals surface area contributed by atoms with E-state index < -0.39 is 28.3 Å². The number of carbonyl (C=O) groups is 1. The van der Waals surface area contributed by atoms with Gasteiger partial charge in [0, 0.05) is 17.3 Å². The fraction of sp³-hybridized carbons (Fsp3) is 0.136. The second-order valence-corrected chi connectivity index (χ2v) is 9.61. The Hall–Kier alpha value is -2.45. The van der Waals surface area contributed by atoms with E-state index in [4.69, 9.17) is 23.2 Å². The third-order valence-corrected chi connectivity index (χ3v) is 6.93. The van der Waals surface area contributed by atoms with Crippen LogP contribution in [0.3, 0.4) is 0 Å². The lowest BCUT2D eigenvalue weighted by atomic mass is 10.1. The van der Waals surface area contributed by atoms with Gasteiger partial charge in [-0.05, 0) is 60.5 Å². The van der Waals surface area contributed by atoms with Crippen LogP contribution in [0.1, 0.15) is 11.1 Å². The van der Waals surface area contributed by atoms with E-state index in [0.717, 1.165) is 21.5 Å². The highest BCUT2D eigenvalue weighted by atomic mass is 35.5. The van der Waals surface area contributed by atoms with Crippen LogP contribution in [0.25, 0.3) is 0 Å². The van der Waals surface area contributed by atoms with E-state index >= 15 is 0 Å². The Morgan fingerprint density at radius 2 is 1.71 bits per heavy atom. The number of nitrogens with one attached hydrogen (secondary N) is 1. The smallest absolute Gasteiger partial charge is 0.243 e. The zero-order chi connectivity index (χ0) is 22.6. The topological polar surface area (TPSA) is 66.5 Å². The third kappa shape index (κ3) is 5.83. The van der Waals surface area contributed by atoms with E-state index in [1.54, 1.807) is 12.1 Å². The molecule has 9 heteroatoms. The van der Waals surface area contributed by atoms with Crippen molar-refractivity contribution >= 4 is 44.8 Å². The van der Waals surface area contributed by atoms with Gasteiger partial charge in [-0.3, -0.25) is 4.79 Å². The largest absolute Gasteiger partial charge is 0.325 e. The van der Waals surface area contributed by atoms with Gasteiger partial charge in [0.05, 0.1) is 16.5 Å². The van der Waals surface area contributed by atoms with E-state index in [9.17, 15) is 17.6 Å². The molecule has 0 fully saturated rings. The van der Waals surface area contributed by atoms with Crippen LogP contribution in [-0.2, 0) is 21.4 Å². The van der Waals surface area contributed by atoms with Crippen molar-refractivity contribution in [2.24, 2.45) is 0 Å². The minimum absolute atomic E-state index is 0.00474. The first-order valence-corrected chi connectivity index (χ1v) is 11.4. The zero-order valence-electron chi connectivity index (χ0n) is 16.5. The van der Waals surface area contributed by atoms with E-state index in [2.05, 4.69) is 5.32 Å². The molecule has 1 N–H and O–H groups in total. The molecule has 1 amide bonds. The van der Waals surface area contributed by atoms with Crippen LogP contribution in [0.5, 0.6) is 0 Å². The van der Waals surface area contributed by atoms with Gasteiger partial charge in [-0.25, -0.2) is 12.8 Å². The highest BCUT2D eigenvalue weighted by Gasteiger charge is 2.27. The minimum Gasteiger partial charge on any atom is -0.325 e. The molecular formula is C22H19Cl2FN2O3S. The maximum atomic E-state index is 13.4. The first kappa shape index (κ1) is 23.2. The van der Waals surface area contributed by atoms with Crippen LogP contribution in [0.2, 0.25) is 10.0 Å². The predicted octanol–water partition coefficient (Wildman–Crippen LogP) is 5.27. The fourth-order valence-corrected chi connectivity index (χ4v) is 4.57. The average molecular weight is 481 g/mol. The van der Waals surface area contributed by atoms with Crippen molar-refractivity contribution in [2.75, 3.05) is 11.9 Å². The summed E-state index contributed by atoms with van der Waals surface area (Å²) in [5.41, 5.74) is 1.92. The number of aryl methyl sites for hydroxylation is 1. The SMILES string of the molecule is Cc1ccccc1CN(CC(=O)Nc1ccc(F)c(Cl)c1)S(=O)(=O)c1ccc(Cl)cc1. The number of hydrogen-bond acceptors (Lipinski definition) is 3. The molecule has 0 aliphatic carbocycles. The summed E-state index contributed by atoms with van der Waals surface area (Å²) >= 11 is 11.6. The van der Waals surface area contributed by atoms with Crippen molar-refractivity contribution in [3.63, 3.8) is 0 Å². The lowest BCUT2D eigenvalue weighted by Gasteiger charge is -2.23. The molecule has 0 heterocycles. The quantitative estimate of drug-likeness (QED) is 0.500. The summed E-state index contributed by atoms with van der Waals surface area (Å²) in [5, 5.41) is 2.81. The number of carbonyl (C=O) groups excluding carboxylic acids is 1. The number of amides is 1. The highest BCUT2D eigenvalue weighted by molar-refractivity contribution is 7.89. The summed E-state index contributed by atoms with van der Waals surface area (Å²) in [4.78, 5) is 12.7. The lowest BCUT2D eigenvalue weighted by Crippen LogP contribution is -2.37. The minimum atomic E-state index is -4.01. The van der Waals surface area contributed by atoms with Gasteiger partial charge < -0.3 is 5.32 Å². The van der Waals surface area contributed by atoms with E-state index in [0.29, 0.717) is 5.02 Å². The number of anilines is 1. The molecule has 0 aliphatic heterocycles. The molecule has 31 heavy (non-hydrogen) atoms. The Balaban J connectivity index is 1.89. The van der Waals surface area contributed by atoms with Gasteiger partial charge in [0.25, 0.3) is 0 Å². The van der Waals surface area contributed by atoms with Crippen molar-refractivity contribution < 1.29 is 17.6 Å². The maximum absolute atomic E-state index is 13.4. The predicted molar refractivity (Wildman–Crippen MR) is 120 cm³/mol.